The van der Waals surface area contributed by atoms with Gasteiger partial charge in [0.2, 0.25) is 0 Å². The van der Waals surface area contributed by atoms with Crippen molar-refractivity contribution in [2.75, 3.05) is 14.2 Å². The van der Waals surface area contributed by atoms with Crippen LogP contribution in [0.2, 0.25) is 0 Å². The van der Waals surface area contributed by atoms with E-state index in [0.29, 0.717) is 0 Å². The molecule has 0 rings (SSSR count). The zero-order valence-corrected chi connectivity index (χ0v) is 11.6. The number of methoxy groups -OCH3 is 2. The van der Waals surface area contributed by atoms with Gasteiger partial charge in [-0.3, -0.25) is 11.3 Å². The molecular weight excluding hydrogens is 204 g/mol. The number of hydrogen-bond donors (Lipinski definition) is 2. The number of nitrogens with one attached hydrogen (secondary N) is 1. The van der Waals surface area contributed by atoms with Crippen molar-refractivity contribution in [3.05, 3.63) is 0 Å². The molecule has 0 radical (unpaired) electrons. The van der Waals surface area contributed by atoms with Gasteiger partial charge in [-0.05, 0) is 47.0 Å². The fourth-order valence-corrected chi connectivity index (χ4v) is 1.54. The zero-order chi connectivity index (χ0) is 12.8. The van der Waals surface area contributed by atoms with Crippen molar-refractivity contribution in [3.63, 3.8) is 0 Å². The van der Waals surface area contributed by atoms with Gasteiger partial charge in [-0.2, -0.15) is 0 Å². The Kier molecular flexibility index (Phi) is 6.48. The van der Waals surface area contributed by atoms with E-state index in [2.05, 4.69) is 33.1 Å². The van der Waals surface area contributed by atoms with Crippen molar-refractivity contribution in [3.8, 4) is 0 Å². The van der Waals surface area contributed by atoms with Crippen LogP contribution in [0.15, 0.2) is 0 Å². The van der Waals surface area contributed by atoms with E-state index < -0.39 is 0 Å². The van der Waals surface area contributed by atoms with Gasteiger partial charge in [-0.15, -0.1) is 0 Å². The maximum absolute atomic E-state index is 5.56. The number of rotatable bonds is 8. The maximum Gasteiger partial charge on any atom is 0.0638 e. The first-order valence-electron chi connectivity index (χ1n) is 5.83. The molecule has 0 aliphatic rings. The maximum atomic E-state index is 5.56. The van der Waals surface area contributed by atoms with Crippen LogP contribution >= 0.6 is 0 Å². The zero-order valence-electron chi connectivity index (χ0n) is 11.6. The molecule has 98 valence electrons. The fourth-order valence-electron chi connectivity index (χ4n) is 1.54. The predicted octanol–water partition coefficient (Wildman–Crippen LogP) is 1.84. The van der Waals surface area contributed by atoms with Crippen LogP contribution in [0.1, 0.15) is 47.0 Å². The number of ether oxygens (including phenoxy) is 2. The highest BCUT2D eigenvalue weighted by atomic mass is 16.5. The second-order valence-corrected chi connectivity index (χ2v) is 5.53. The Morgan fingerprint density at radius 3 is 1.94 bits per heavy atom. The number of hydrogen-bond acceptors (Lipinski definition) is 4. The third kappa shape index (κ3) is 6.43. The Morgan fingerprint density at radius 2 is 1.56 bits per heavy atom. The molecule has 16 heavy (non-hydrogen) atoms. The van der Waals surface area contributed by atoms with Gasteiger partial charge in [0.1, 0.15) is 0 Å². The third-order valence-corrected chi connectivity index (χ3v) is 3.17. The predicted molar refractivity (Wildman–Crippen MR) is 67.1 cm³/mol. The molecule has 0 amide bonds. The summed E-state index contributed by atoms with van der Waals surface area (Å²) < 4.78 is 10.8. The summed E-state index contributed by atoms with van der Waals surface area (Å²) in [5.41, 5.74) is 2.62. The highest BCUT2D eigenvalue weighted by Gasteiger charge is 2.24. The minimum absolute atomic E-state index is 0.0910. The molecule has 1 unspecified atom stereocenters. The lowest BCUT2D eigenvalue weighted by atomic mass is 9.92. The Bertz CT molecular complexity index is 193. The topological polar surface area (TPSA) is 56.5 Å². The average molecular weight is 232 g/mol. The Hall–Kier alpha value is -0.160. The SMILES string of the molecule is COC(C)(C)CCC(CC(C)(C)OC)NN. The normalized spacial score (nSPS) is 15.2. The standard InChI is InChI=1S/C12H28N2O2/c1-11(2,15-5)8-7-10(14-13)9-12(3,4)16-6/h10,14H,7-9,13H2,1-6H3. The minimum atomic E-state index is -0.145. The number of hydrazine groups is 1. The van der Waals surface area contributed by atoms with E-state index in [1.165, 1.54) is 0 Å². The second kappa shape index (κ2) is 6.55. The van der Waals surface area contributed by atoms with Crippen LogP contribution in [0.3, 0.4) is 0 Å². The van der Waals surface area contributed by atoms with Gasteiger partial charge < -0.3 is 9.47 Å². The first-order valence-corrected chi connectivity index (χ1v) is 5.83. The molecule has 0 saturated carbocycles. The summed E-state index contributed by atoms with van der Waals surface area (Å²) in [6.45, 7) is 8.31. The van der Waals surface area contributed by atoms with Crippen LogP contribution in [0.4, 0.5) is 0 Å². The van der Waals surface area contributed by atoms with Crippen molar-refractivity contribution in [2.24, 2.45) is 5.84 Å². The van der Waals surface area contributed by atoms with Gasteiger partial charge in [0.15, 0.2) is 0 Å². The summed E-state index contributed by atoms with van der Waals surface area (Å²) in [5.74, 6) is 5.56. The molecule has 3 N–H and O–H groups in total. The van der Waals surface area contributed by atoms with E-state index >= 15 is 0 Å². The van der Waals surface area contributed by atoms with Crippen LogP contribution < -0.4 is 11.3 Å². The van der Waals surface area contributed by atoms with Crippen LogP contribution in [-0.2, 0) is 9.47 Å². The van der Waals surface area contributed by atoms with E-state index in [1.807, 2.05) is 0 Å². The lowest BCUT2D eigenvalue weighted by Crippen LogP contribution is -2.42. The highest BCUT2D eigenvalue weighted by molar-refractivity contribution is 4.79. The molecular formula is C12H28N2O2. The summed E-state index contributed by atoms with van der Waals surface area (Å²) in [6.07, 6.45) is 2.84. The summed E-state index contributed by atoms with van der Waals surface area (Å²) in [7, 11) is 3.47. The first kappa shape index (κ1) is 15.8. The van der Waals surface area contributed by atoms with E-state index in [4.69, 9.17) is 15.3 Å². The van der Waals surface area contributed by atoms with Gasteiger partial charge >= 0.3 is 0 Å². The molecule has 0 aromatic carbocycles. The van der Waals surface area contributed by atoms with E-state index in [0.717, 1.165) is 19.3 Å². The van der Waals surface area contributed by atoms with Gasteiger partial charge in [-0.1, -0.05) is 0 Å². The van der Waals surface area contributed by atoms with Gasteiger partial charge in [0, 0.05) is 20.3 Å². The minimum Gasteiger partial charge on any atom is -0.379 e. The molecule has 0 aliphatic heterocycles. The smallest absolute Gasteiger partial charge is 0.0638 e. The monoisotopic (exact) mass is 232 g/mol. The average Bonchev–Trinajstić information content (AvgIpc) is 2.24. The molecule has 0 saturated heterocycles. The fraction of sp³-hybridized carbons (Fsp3) is 1.00. The van der Waals surface area contributed by atoms with Crippen LogP contribution in [0.25, 0.3) is 0 Å². The quantitative estimate of drug-likeness (QED) is 0.495. The molecule has 0 aromatic rings. The molecule has 0 aromatic heterocycles. The summed E-state index contributed by atoms with van der Waals surface area (Å²) >= 11 is 0. The molecule has 0 heterocycles. The lowest BCUT2D eigenvalue weighted by Gasteiger charge is -2.30. The summed E-state index contributed by atoms with van der Waals surface area (Å²) in [4.78, 5) is 0. The molecule has 0 spiro atoms. The van der Waals surface area contributed by atoms with Gasteiger partial charge in [0.25, 0.3) is 0 Å². The first-order chi connectivity index (χ1) is 7.26. The Labute approximate surface area is 99.8 Å². The van der Waals surface area contributed by atoms with Gasteiger partial charge in [0.05, 0.1) is 11.2 Å². The highest BCUT2D eigenvalue weighted by Crippen LogP contribution is 2.22. The van der Waals surface area contributed by atoms with E-state index in [1.54, 1.807) is 14.2 Å². The Morgan fingerprint density at radius 1 is 1.06 bits per heavy atom. The molecule has 1 atom stereocenters. The van der Waals surface area contributed by atoms with Crippen molar-refractivity contribution in [1.29, 1.82) is 0 Å². The summed E-state index contributed by atoms with van der Waals surface area (Å²) in [6, 6.07) is 0.254. The van der Waals surface area contributed by atoms with Crippen molar-refractivity contribution < 1.29 is 9.47 Å². The van der Waals surface area contributed by atoms with Crippen LogP contribution in [0.5, 0.6) is 0 Å². The van der Waals surface area contributed by atoms with Crippen LogP contribution in [-0.4, -0.2) is 31.5 Å². The second-order valence-electron chi connectivity index (χ2n) is 5.53. The Balaban J connectivity index is 4.12. The van der Waals surface area contributed by atoms with Crippen molar-refractivity contribution in [1.82, 2.24) is 5.43 Å². The number of nitrogens with two attached hydrogens (primary N) is 1. The van der Waals surface area contributed by atoms with Crippen molar-refractivity contribution >= 4 is 0 Å². The molecule has 4 nitrogen and oxygen atoms in total. The van der Waals surface area contributed by atoms with Crippen molar-refractivity contribution in [2.45, 2.75) is 64.2 Å². The van der Waals surface area contributed by atoms with Crippen LogP contribution in [0, 0.1) is 0 Å². The van der Waals surface area contributed by atoms with Gasteiger partial charge in [-0.25, -0.2) is 0 Å². The summed E-state index contributed by atoms with van der Waals surface area (Å²) in [5, 5.41) is 0. The lowest BCUT2D eigenvalue weighted by molar-refractivity contribution is -0.00598. The van der Waals surface area contributed by atoms with E-state index in [9.17, 15) is 0 Å². The third-order valence-electron chi connectivity index (χ3n) is 3.17. The molecule has 0 aliphatic carbocycles. The molecule has 4 heteroatoms. The molecule has 0 fully saturated rings. The van der Waals surface area contributed by atoms with E-state index in [-0.39, 0.29) is 17.2 Å². The largest absolute Gasteiger partial charge is 0.379 e. The molecule has 0 bridgehead atoms.